The maximum absolute atomic E-state index is 4.62. The maximum atomic E-state index is 4.62. The molecule has 0 N–H and O–H groups in total. The lowest BCUT2D eigenvalue weighted by Gasteiger charge is -2.09. The SMILES string of the molecule is C1=NCCc2nc3ccccc3cc21. The van der Waals surface area contributed by atoms with Gasteiger partial charge in [-0.25, -0.2) is 0 Å². The van der Waals surface area contributed by atoms with Crippen LogP contribution in [0.2, 0.25) is 0 Å². The third-order valence-corrected chi connectivity index (χ3v) is 2.54. The van der Waals surface area contributed by atoms with Crippen LogP contribution in [-0.2, 0) is 6.42 Å². The Balaban J connectivity index is 2.34. The van der Waals surface area contributed by atoms with Crippen molar-refractivity contribution in [2.24, 2.45) is 4.99 Å². The summed E-state index contributed by atoms with van der Waals surface area (Å²) in [4.78, 5) is 8.88. The van der Waals surface area contributed by atoms with E-state index >= 15 is 0 Å². The summed E-state index contributed by atoms with van der Waals surface area (Å²) in [7, 11) is 0. The highest BCUT2D eigenvalue weighted by atomic mass is 14.8. The van der Waals surface area contributed by atoms with E-state index in [0.29, 0.717) is 0 Å². The van der Waals surface area contributed by atoms with Gasteiger partial charge in [0.15, 0.2) is 0 Å². The van der Waals surface area contributed by atoms with Crippen molar-refractivity contribution in [1.82, 2.24) is 4.98 Å². The number of para-hydroxylation sites is 1. The molecule has 0 amide bonds. The first-order valence-corrected chi connectivity index (χ1v) is 4.82. The Morgan fingerprint density at radius 2 is 2.07 bits per heavy atom. The van der Waals surface area contributed by atoms with Gasteiger partial charge in [-0.3, -0.25) is 9.98 Å². The van der Waals surface area contributed by atoms with Crippen LogP contribution >= 0.6 is 0 Å². The molecule has 0 saturated carbocycles. The summed E-state index contributed by atoms with van der Waals surface area (Å²) in [5.41, 5.74) is 3.44. The molecule has 2 aromatic rings. The number of aliphatic imine (C=N–C) groups is 1. The normalized spacial score (nSPS) is 14.3. The van der Waals surface area contributed by atoms with Crippen LogP contribution in [-0.4, -0.2) is 17.7 Å². The highest BCUT2D eigenvalue weighted by Gasteiger charge is 2.07. The first-order chi connectivity index (χ1) is 6.93. The zero-order valence-corrected chi connectivity index (χ0v) is 7.77. The Morgan fingerprint density at radius 3 is 3.07 bits per heavy atom. The van der Waals surface area contributed by atoms with E-state index in [4.69, 9.17) is 0 Å². The molecule has 0 spiro atoms. The molecule has 2 heterocycles. The third kappa shape index (κ3) is 1.11. The van der Waals surface area contributed by atoms with Gasteiger partial charge in [0, 0.05) is 30.1 Å². The lowest BCUT2D eigenvalue weighted by atomic mass is 10.1. The molecule has 0 fully saturated rings. The van der Waals surface area contributed by atoms with Gasteiger partial charge in [0.2, 0.25) is 0 Å². The highest BCUT2D eigenvalue weighted by molar-refractivity contribution is 5.89. The Labute approximate surface area is 82.3 Å². The quantitative estimate of drug-likeness (QED) is 0.613. The summed E-state index contributed by atoms with van der Waals surface area (Å²) < 4.78 is 0. The van der Waals surface area contributed by atoms with Crippen LogP contribution in [0.4, 0.5) is 0 Å². The standard InChI is InChI=1S/C12H10N2/c1-2-4-11-9(3-1)7-10-8-13-6-5-12(10)14-11/h1-4,7-8H,5-6H2. The third-order valence-electron chi connectivity index (χ3n) is 2.54. The van der Waals surface area contributed by atoms with Crippen molar-refractivity contribution in [1.29, 1.82) is 0 Å². The minimum atomic E-state index is 0.873. The van der Waals surface area contributed by atoms with Crippen LogP contribution in [0.15, 0.2) is 35.3 Å². The molecule has 0 atom stereocenters. The van der Waals surface area contributed by atoms with E-state index in [0.717, 1.165) is 18.5 Å². The molecule has 3 rings (SSSR count). The van der Waals surface area contributed by atoms with Gasteiger partial charge in [-0.1, -0.05) is 18.2 Å². The second kappa shape index (κ2) is 2.91. The fourth-order valence-electron chi connectivity index (χ4n) is 1.82. The Morgan fingerprint density at radius 1 is 1.14 bits per heavy atom. The summed E-state index contributed by atoms with van der Waals surface area (Å²) in [5.74, 6) is 0. The van der Waals surface area contributed by atoms with Gasteiger partial charge in [0.25, 0.3) is 0 Å². The van der Waals surface area contributed by atoms with Crippen molar-refractivity contribution in [2.45, 2.75) is 6.42 Å². The fraction of sp³-hybridized carbons (Fsp3) is 0.167. The molecule has 2 heteroatoms. The van der Waals surface area contributed by atoms with Crippen molar-refractivity contribution in [3.63, 3.8) is 0 Å². The topological polar surface area (TPSA) is 25.2 Å². The number of aromatic nitrogens is 1. The van der Waals surface area contributed by atoms with Gasteiger partial charge in [-0.05, 0) is 12.1 Å². The van der Waals surface area contributed by atoms with Crippen LogP contribution in [0.3, 0.4) is 0 Å². The number of hydrogen-bond donors (Lipinski definition) is 0. The molecule has 0 bridgehead atoms. The van der Waals surface area contributed by atoms with E-state index in [-0.39, 0.29) is 0 Å². The lowest BCUT2D eigenvalue weighted by molar-refractivity contribution is 0.915. The fourth-order valence-corrected chi connectivity index (χ4v) is 1.82. The van der Waals surface area contributed by atoms with E-state index < -0.39 is 0 Å². The summed E-state index contributed by atoms with van der Waals surface area (Å²) >= 11 is 0. The molecule has 2 nitrogen and oxygen atoms in total. The van der Waals surface area contributed by atoms with Gasteiger partial charge in [-0.2, -0.15) is 0 Å². The summed E-state index contributed by atoms with van der Waals surface area (Å²) in [5, 5.41) is 1.19. The highest BCUT2D eigenvalue weighted by Crippen LogP contribution is 2.17. The molecule has 68 valence electrons. The smallest absolute Gasteiger partial charge is 0.0705 e. The number of nitrogens with zero attached hydrogens (tertiary/aromatic N) is 2. The van der Waals surface area contributed by atoms with Crippen LogP contribution in [0, 0.1) is 0 Å². The number of fused-ring (bicyclic) bond motifs is 2. The molecule has 1 aromatic carbocycles. The van der Waals surface area contributed by atoms with E-state index in [1.807, 2.05) is 18.3 Å². The van der Waals surface area contributed by atoms with Crippen molar-refractivity contribution in [3.8, 4) is 0 Å². The van der Waals surface area contributed by atoms with Gasteiger partial charge in [0.1, 0.15) is 0 Å². The number of rotatable bonds is 0. The largest absolute Gasteiger partial charge is 0.292 e. The number of benzene rings is 1. The Kier molecular flexibility index (Phi) is 1.60. The van der Waals surface area contributed by atoms with Crippen molar-refractivity contribution >= 4 is 17.1 Å². The van der Waals surface area contributed by atoms with Crippen LogP contribution in [0.5, 0.6) is 0 Å². The number of hydrogen-bond acceptors (Lipinski definition) is 2. The van der Waals surface area contributed by atoms with Crippen LogP contribution in [0.1, 0.15) is 11.3 Å². The second-order valence-corrected chi connectivity index (χ2v) is 3.50. The minimum absolute atomic E-state index is 0.873. The predicted molar refractivity (Wildman–Crippen MR) is 57.9 cm³/mol. The van der Waals surface area contributed by atoms with E-state index in [9.17, 15) is 0 Å². The molecule has 0 saturated heterocycles. The average Bonchev–Trinajstić information content (AvgIpc) is 2.26. The first-order valence-electron chi connectivity index (χ1n) is 4.82. The van der Waals surface area contributed by atoms with Crippen LogP contribution in [0.25, 0.3) is 10.9 Å². The average molecular weight is 182 g/mol. The Hall–Kier alpha value is -1.70. The zero-order valence-electron chi connectivity index (χ0n) is 7.77. The Bertz CT molecular complexity index is 515. The van der Waals surface area contributed by atoms with Crippen molar-refractivity contribution in [3.05, 3.63) is 41.6 Å². The van der Waals surface area contributed by atoms with E-state index in [2.05, 4.69) is 28.2 Å². The van der Waals surface area contributed by atoms with Crippen molar-refractivity contribution in [2.75, 3.05) is 6.54 Å². The number of pyridine rings is 1. The molecular formula is C12H10N2. The molecule has 1 aromatic heterocycles. The molecule has 14 heavy (non-hydrogen) atoms. The monoisotopic (exact) mass is 182 g/mol. The van der Waals surface area contributed by atoms with Gasteiger partial charge < -0.3 is 0 Å². The van der Waals surface area contributed by atoms with Gasteiger partial charge >= 0.3 is 0 Å². The van der Waals surface area contributed by atoms with Crippen molar-refractivity contribution < 1.29 is 0 Å². The van der Waals surface area contributed by atoms with E-state index in [1.165, 1.54) is 16.6 Å². The van der Waals surface area contributed by atoms with Gasteiger partial charge in [0.05, 0.1) is 11.2 Å². The van der Waals surface area contributed by atoms with E-state index in [1.54, 1.807) is 0 Å². The summed E-state index contributed by atoms with van der Waals surface area (Å²) in [6.45, 7) is 0.873. The minimum Gasteiger partial charge on any atom is -0.292 e. The van der Waals surface area contributed by atoms with Gasteiger partial charge in [-0.15, -0.1) is 0 Å². The van der Waals surface area contributed by atoms with Crippen LogP contribution < -0.4 is 0 Å². The molecular weight excluding hydrogens is 172 g/mol. The summed E-state index contributed by atoms with van der Waals surface area (Å²) in [6, 6.07) is 10.4. The molecule has 1 aliphatic heterocycles. The second-order valence-electron chi connectivity index (χ2n) is 3.50. The lowest BCUT2D eigenvalue weighted by Crippen LogP contribution is -2.05. The maximum Gasteiger partial charge on any atom is 0.0705 e. The zero-order chi connectivity index (χ0) is 9.38. The molecule has 0 unspecified atom stereocenters. The molecule has 0 aliphatic carbocycles. The molecule has 0 radical (unpaired) electrons. The first kappa shape index (κ1) is 7.68. The summed E-state index contributed by atoms with van der Waals surface area (Å²) in [6.07, 6.45) is 2.90. The predicted octanol–water partition coefficient (Wildman–Crippen LogP) is 2.21. The molecule has 1 aliphatic rings.